The Kier molecular flexibility index (Phi) is 11.4. The zero-order valence-electron chi connectivity index (χ0n) is 19.7. The number of esters is 2. The molecule has 0 amide bonds. The van der Waals surface area contributed by atoms with Gasteiger partial charge in [-0.3, -0.25) is 9.59 Å². The zero-order valence-corrected chi connectivity index (χ0v) is 21.7. The molecule has 0 saturated heterocycles. The number of ether oxygens (including phenoxy) is 3. The van der Waals surface area contributed by atoms with E-state index in [1.54, 1.807) is 13.8 Å². The maximum Gasteiger partial charge on any atom is 0.320 e. The van der Waals surface area contributed by atoms with Crippen LogP contribution in [-0.2, 0) is 32.1 Å². The summed E-state index contributed by atoms with van der Waals surface area (Å²) in [5, 5.41) is 2.16. The summed E-state index contributed by atoms with van der Waals surface area (Å²) in [5.41, 5.74) is 2.14. The molecule has 0 unspecified atom stereocenters. The van der Waals surface area contributed by atoms with Gasteiger partial charge in [-0.2, -0.15) is 0 Å². The molecule has 0 fully saturated rings. The zero-order chi connectivity index (χ0) is 22.8. The van der Waals surface area contributed by atoms with Crippen LogP contribution in [0.5, 0.6) is 5.75 Å². The van der Waals surface area contributed by atoms with Crippen LogP contribution < -0.4 is 4.74 Å². The van der Waals surface area contributed by atoms with Gasteiger partial charge in [-0.15, -0.1) is 0 Å². The van der Waals surface area contributed by atoms with Crippen molar-refractivity contribution in [3.63, 3.8) is 0 Å². The number of hydrogen-bond acceptors (Lipinski definition) is 5. The Bertz CT molecular complexity index is 1020. The first-order valence-electron chi connectivity index (χ1n) is 11.1. The topological polar surface area (TPSA) is 61.8 Å². The van der Waals surface area contributed by atoms with Gasteiger partial charge in [0.25, 0.3) is 0 Å². The van der Waals surface area contributed by atoms with Gasteiger partial charge in [-0.25, -0.2) is 0 Å². The molecular weight excluding hydrogens is 427 g/mol. The molecule has 0 bridgehead atoms. The second-order valence-electron chi connectivity index (χ2n) is 7.50. The molecule has 0 aliphatic heterocycles. The van der Waals surface area contributed by atoms with Crippen LogP contribution in [0.1, 0.15) is 37.8 Å². The number of carbonyl (C=O) groups is 2. The minimum Gasteiger partial charge on any atom is -0.488 e. The standard InChI is InChI=1S/C27H30O5.Na/c1-3-30-26(28)24(27(29)31-4-2)16-10-14-22-18-17-21-13-8-9-15-23(21)25(22)32-19-20-11-6-5-7-12-20;/h5-9,11-13,15,17-18,24H,3-4,10,14,16,19H2,1-2H3;. The molecule has 3 rings (SSSR count). The van der Waals surface area contributed by atoms with Crippen molar-refractivity contribution in [3.05, 3.63) is 77.9 Å². The fourth-order valence-electron chi connectivity index (χ4n) is 3.70. The molecule has 0 aliphatic carbocycles. The van der Waals surface area contributed by atoms with E-state index in [9.17, 15) is 9.59 Å². The molecule has 0 aromatic heterocycles. The van der Waals surface area contributed by atoms with E-state index in [1.165, 1.54) is 0 Å². The van der Waals surface area contributed by atoms with Gasteiger partial charge in [-0.05, 0) is 49.6 Å². The van der Waals surface area contributed by atoms with Crippen LogP contribution in [0, 0.1) is 5.92 Å². The molecule has 0 aliphatic rings. The minimum atomic E-state index is -0.899. The molecule has 6 heteroatoms. The summed E-state index contributed by atoms with van der Waals surface area (Å²) in [5.74, 6) is -1.10. The van der Waals surface area contributed by atoms with Crippen molar-refractivity contribution < 1.29 is 23.8 Å². The summed E-state index contributed by atoms with van der Waals surface area (Å²) >= 11 is 0. The third-order valence-electron chi connectivity index (χ3n) is 5.27. The predicted molar refractivity (Wildman–Crippen MR) is 130 cm³/mol. The number of benzene rings is 3. The summed E-state index contributed by atoms with van der Waals surface area (Å²) in [6.45, 7) is 4.39. The predicted octanol–water partition coefficient (Wildman–Crippen LogP) is 5.10. The van der Waals surface area contributed by atoms with Crippen molar-refractivity contribution in [1.82, 2.24) is 0 Å². The van der Waals surface area contributed by atoms with E-state index in [4.69, 9.17) is 14.2 Å². The van der Waals surface area contributed by atoms with Crippen LogP contribution in [-0.4, -0.2) is 54.7 Å². The van der Waals surface area contributed by atoms with Crippen LogP contribution in [0.25, 0.3) is 10.8 Å². The van der Waals surface area contributed by atoms with Crippen LogP contribution >= 0.6 is 0 Å². The normalized spacial score (nSPS) is 10.5. The molecular formula is C27H30NaO5. The Labute approximate surface area is 217 Å². The van der Waals surface area contributed by atoms with Crippen molar-refractivity contribution >= 4 is 52.3 Å². The van der Waals surface area contributed by atoms with Gasteiger partial charge in [0.1, 0.15) is 12.4 Å². The Balaban J connectivity index is 0.00000385. The van der Waals surface area contributed by atoms with E-state index in [-0.39, 0.29) is 42.8 Å². The Hall–Kier alpha value is -2.34. The van der Waals surface area contributed by atoms with Gasteiger partial charge in [0.2, 0.25) is 0 Å². The average Bonchev–Trinajstić information content (AvgIpc) is 2.81. The molecule has 169 valence electrons. The molecule has 0 spiro atoms. The maximum atomic E-state index is 12.3. The van der Waals surface area contributed by atoms with Crippen LogP contribution in [0.3, 0.4) is 0 Å². The number of hydrogen-bond donors (Lipinski definition) is 0. The monoisotopic (exact) mass is 457 g/mol. The Morgan fingerprint density at radius 2 is 1.45 bits per heavy atom. The van der Waals surface area contributed by atoms with Crippen LogP contribution in [0.4, 0.5) is 0 Å². The van der Waals surface area contributed by atoms with Crippen LogP contribution in [0.2, 0.25) is 0 Å². The molecule has 3 aromatic rings. The van der Waals surface area contributed by atoms with Crippen molar-refractivity contribution in [1.29, 1.82) is 0 Å². The van der Waals surface area contributed by atoms with Gasteiger partial charge in [0.15, 0.2) is 5.92 Å². The van der Waals surface area contributed by atoms with Gasteiger partial charge in [0.05, 0.1) is 13.2 Å². The SMILES string of the molecule is CCOC(=O)C(CCCc1ccc2ccccc2c1OCc1ccccc1)C(=O)OCC.[Na]. The fourth-order valence-corrected chi connectivity index (χ4v) is 3.70. The van der Waals surface area contributed by atoms with Crippen molar-refractivity contribution in [3.8, 4) is 5.75 Å². The van der Waals surface area contributed by atoms with Gasteiger partial charge >= 0.3 is 11.9 Å². The molecule has 0 N–H and O–H groups in total. The molecule has 0 heterocycles. The van der Waals surface area contributed by atoms with Crippen molar-refractivity contribution in [2.75, 3.05) is 13.2 Å². The molecule has 5 nitrogen and oxygen atoms in total. The number of rotatable bonds is 11. The maximum absolute atomic E-state index is 12.3. The number of fused-ring (bicyclic) bond motifs is 1. The van der Waals surface area contributed by atoms with E-state index in [2.05, 4.69) is 24.3 Å². The number of aryl methyl sites for hydroxylation is 1. The summed E-state index contributed by atoms with van der Waals surface area (Å²) < 4.78 is 16.4. The third kappa shape index (κ3) is 7.60. The first-order valence-corrected chi connectivity index (χ1v) is 11.1. The number of carbonyl (C=O) groups excluding carboxylic acids is 2. The molecule has 33 heavy (non-hydrogen) atoms. The first-order chi connectivity index (χ1) is 15.6. The quantitative estimate of drug-likeness (QED) is 0.228. The fraction of sp³-hybridized carbons (Fsp3) is 0.333. The molecule has 3 aromatic carbocycles. The van der Waals surface area contributed by atoms with E-state index in [1.807, 2.05) is 42.5 Å². The smallest absolute Gasteiger partial charge is 0.320 e. The second kappa shape index (κ2) is 14.0. The van der Waals surface area contributed by atoms with E-state index in [0.717, 1.165) is 27.6 Å². The largest absolute Gasteiger partial charge is 0.488 e. The van der Waals surface area contributed by atoms with E-state index < -0.39 is 17.9 Å². The molecule has 0 atom stereocenters. The van der Waals surface area contributed by atoms with Gasteiger partial charge < -0.3 is 14.2 Å². The summed E-state index contributed by atoms with van der Waals surface area (Å²) in [6, 6.07) is 22.3. The van der Waals surface area contributed by atoms with E-state index >= 15 is 0 Å². The summed E-state index contributed by atoms with van der Waals surface area (Å²) in [6.07, 6.45) is 1.66. The van der Waals surface area contributed by atoms with Crippen molar-refractivity contribution in [2.45, 2.75) is 39.7 Å². The molecule has 0 saturated carbocycles. The average molecular weight is 458 g/mol. The third-order valence-corrected chi connectivity index (χ3v) is 5.27. The van der Waals surface area contributed by atoms with Crippen molar-refractivity contribution in [2.24, 2.45) is 5.92 Å². The Morgan fingerprint density at radius 1 is 0.818 bits per heavy atom. The minimum absolute atomic E-state index is 0. The van der Waals surface area contributed by atoms with Gasteiger partial charge in [-0.1, -0.05) is 66.7 Å². The summed E-state index contributed by atoms with van der Waals surface area (Å²) in [4.78, 5) is 24.5. The van der Waals surface area contributed by atoms with Crippen LogP contribution in [0.15, 0.2) is 66.7 Å². The van der Waals surface area contributed by atoms with Gasteiger partial charge in [0, 0.05) is 34.9 Å². The first kappa shape index (κ1) is 26.9. The molecule has 1 radical (unpaired) electrons. The second-order valence-corrected chi connectivity index (χ2v) is 7.50. The Morgan fingerprint density at radius 3 is 2.12 bits per heavy atom. The summed E-state index contributed by atoms with van der Waals surface area (Å²) in [7, 11) is 0. The van der Waals surface area contributed by atoms with E-state index in [0.29, 0.717) is 25.9 Å².